The summed E-state index contributed by atoms with van der Waals surface area (Å²) in [6, 6.07) is -0.0276. The van der Waals surface area contributed by atoms with Gasteiger partial charge in [0.25, 0.3) is 6.47 Å². The van der Waals surface area contributed by atoms with Gasteiger partial charge >= 0.3 is 0 Å². The average molecular weight is 437 g/mol. The molecule has 0 spiro atoms. The van der Waals surface area contributed by atoms with Crippen LogP contribution in [-0.4, -0.2) is 75.0 Å². The Balaban J connectivity index is 0.000000577. The van der Waals surface area contributed by atoms with E-state index in [9.17, 15) is 9.59 Å². The molecule has 2 heterocycles. The van der Waals surface area contributed by atoms with E-state index in [1.807, 2.05) is 19.9 Å². The van der Waals surface area contributed by atoms with Gasteiger partial charge in [-0.2, -0.15) is 0 Å². The van der Waals surface area contributed by atoms with Crippen LogP contribution in [0.15, 0.2) is 36.5 Å². The lowest BCUT2D eigenvalue weighted by Crippen LogP contribution is -2.50. The van der Waals surface area contributed by atoms with Crippen molar-refractivity contribution < 1.29 is 23.8 Å². The molecule has 31 heavy (non-hydrogen) atoms. The third-order valence-corrected chi connectivity index (χ3v) is 5.56. The first-order valence-electron chi connectivity index (χ1n) is 11.1. The number of amides is 1. The minimum atomic E-state index is -0.420. The number of hydrogen-bond acceptors (Lipinski definition) is 6. The number of nitrogens with zero attached hydrogens (tertiary/aromatic N) is 1. The molecule has 1 amide bonds. The average Bonchev–Trinajstić information content (AvgIpc) is 2.74. The molecule has 5 unspecified atom stereocenters. The second-order valence-electron chi connectivity index (χ2n) is 8.31. The van der Waals surface area contributed by atoms with E-state index in [0.29, 0.717) is 12.4 Å². The van der Waals surface area contributed by atoms with Gasteiger partial charge in [-0.15, -0.1) is 0 Å². The number of hydrogen-bond donors (Lipinski definition) is 1. The van der Waals surface area contributed by atoms with E-state index < -0.39 is 6.10 Å². The van der Waals surface area contributed by atoms with Crippen molar-refractivity contribution in [1.82, 2.24) is 10.2 Å². The molecule has 7 nitrogen and oxygen atoms in total. The molecule has 0 aliphatic carbocycles. The van der Waals surface area contributed by atoms with Gasteiger partial charge in [0, 0.05) is 19.2 Å². The molecule has 1 N–H and O–H groups in total. The monoisotopic (exact) mass is 436 g/mol. The van der Waals surface area contributed by atoms with E-state index in [4.69, 9.17) is 14.2 Å². The number of morpholine rings is 1. The summed E-state index contributed by atoms with van der Waals surface area (Å²) in [6.07, 6.45) is 8.32. The van der Waals surface area contributed by atoms with Crippen LogP contribution in [0.1, 0.15) is 40.5 Å². The highest BCUT2D eigenvalue weighted by Crippen LogP contribution is 2.27. The zero-order valence-corrected chi connectivity index (χ0v) is 19.7. The van der Waals surface area contributed by atoms with E-state index in [1.165, 1.54) is 6.08 Å². The molecule has 0 aromatic rings. The molecule has 0 bridgehead atoms. The van der Waals surface area contributed by atoms with E-state index in [0.717, 1.165) is 44.7 Å². The predicted octanol–water partition coefficient (Wildman–Crippen LogP) is 2.87. The molecule has 2 rings (SSSR count). The van der Waals surface area contributed by atoms with Gasteiger partial charge in [0.1, 0.15) is 6.10 Å². The maximum absolute atomic E-state index is 12.0. The topological polar surface area (TPSA) is 77.1 Å². The third-order valence-electron chi connectivity index (χ3n) is 5.56. The molecule has 0 aromatic carbocycles. The van der Waals surface area contributed by atoms with Crippen molar-refractivity contribution in [3.8, 4) is 0 Å². The van der Waals surface area contributed by atoms with Crippen molar-refractivity contribution in [2.45, 2.75) is 64.9 Å². The van der Waals surface area contributed by atoms with Gasteiger partial charge in [-0.05, 0) is 52.7 Å². The Morgan fingerprint density at radius 3 is 2.55 bits per heavy atom. The predicted molar refractivity (Wildman–Crippen MR) is 123 cm³/mol. The Labute approximate surface area is 187 Å². The number of likely N-dealkylation sites (N-methyl/N-ethyl adjacent to an activating group) is 1. The standard InChI is InChI=1S/C19H29NO4.C5H11NO/c1-6-13(2)7-9-18-14(3)11-17(16(5)24-18)20-19(22)10-8-15(4)23-12-21;1-6-2-4-7-5-3-6/h6-8,10,12,14-18H,1,9,11H2,2-5H3,(H,20,22);2-5H2,1H3/b10-8-,13-7+;. The van der Waals surface area contributed by atoms with Crippen LogP contribution >= 0.6 is 0 Å². The number of carbonyl (C=O) groups excluding carboxylic acids is 2. The van der Waals surface area contributed by atoms with Gasteiger partial charge in [0.15, 0.2) is 0 Å². The minimum Gasteiger partial charge on any atom is -0.461 e. The van der Waals surface area contributed by atoms with Crippen molar-refractivity contribution >= 4 is 12.4 Å². The SMILES string of the molecule is C=C/C(C)=C/CC1OC(C)C(NC(=O)/C=C\C(C)OC=O)CC1C.CN1CCOCC1. The van der Waals surface area contributed by atoms with E-state index >= 15 is 0 Å². The molecular weight excluding hydrogens is 396 g/mol. The fraction of sp³-hybridized carbons (Fsp3) is 0.667. The van der Waals surface area contributed by atoms with Gasteiger partial charge in [0.2, 0.25) is 5.91 Å². The summed E-state index contributed by atoms with van der Waals surface area (Å²) in [5.74, 6) is 0.145. The van der Waals surface area contributed by atoms with E-state index in [1.54, 1.807) is 13.0 Å². The van der Waals surface area contributed by atoms with Crippen LogP contribution in [0.4, 0.5) is 0 Å². The summed E-state index contributed by atoms with van der Waals surface area (Å²) < 4.78 is 15.9. The highest BCUT2D eigenvalue weighted by Gasteiger charge is 2.33. The fourth-order valence-electron chi connectivity index (χ4n) is 3.34. The Kier molecular flexibility index (Phi) is 13.1. The van der Waals surface area contributed by atoms with Crippen molar-refractivity contribution in [2.75, 3.05) is 33.4 Å². The Morgan fingerprint density at radius 1 is 1.32 bits per heavy atom. The van der Waals surface area contributed by atoms with Crippen molar-refractivity contribution in [3.63, 3.8) is 0 Å². The van der Waals surface area contributed by atoms with Crippen molar-refractivity contribution in [2.24, 2.45) is 5.92 Å². The summed E-state index contributed by atoms with van der Waals surface area (Å²) in [4.78, 5) is 24.5. The first kappa shape index (κ1) is 27.1. The molecule has 2 fully saturated rings. The highest BCUT2D eigenvalue weighted by atomic mass is 16.5. The molecule has 0 saturated carbocycles. The molecule has 5 atom stereocenters. The van der Waals surface area contributed by atoms with Crippen molar-refractivity contribution in [3.05, 3.63) is 36.5 Å². The summed E-state index contributed by atoms with van der Waals surface area (Å²) in [6.45, 7) is 16.0. The Morgan fingerprint density at radius 2 is 2.00 bits per heavy atom. The van der Waals surface area contributed by atoms with Crippen LogP contribution in [0.25, 0.3) is 0 Å². The fourth-order valence-corrected chi connectivity index (χ4v) is 3.34. The molecule has 176 valence electrons. The lowest BCUT2D eigenvalue weighted by atomic mass is 9.88. The second-order valence-corrected chi connectivity index (χ2v) is 8.31. The second kappa shape index (κ2) is 14.9. The lowest BCUT2D eigenvalue weighted by molar-refractivity contribution is -0.131. The molecule has 0 aromatic heterocycles. The molecule has 2 aliphatic heterocycles. The van der Waals surface area contributed by atoms with Gasteiger partial charge in [-0.1, -0.05) is 31.2 Å². The van der Waals surface area contributed by atoms with Crippen molar-refractivity contribution in [1.29, 1.82) is 0 Å². The number of ether oxygens (including phenoxy) is 3. The molecule has 2 aliphatic rings. The Hall–Kier alpha value is -1.96. The zero-order valence-electron chi connectivity index (χ0n) is 19.7. The quantitative estimate of drug-likeness (QED) is 0.358. The number of carbonyl (C=O) groups is 2. The highest BCUT2D eigenvalue weighted by molar-refractivity contribution is 5.87. The van der Waals surface area contributed by atoms with Crippen LogP contribution < -0.4 is 5.32 Å². The summed E-state index contributed by atoms with van der Waals surface area (Å²) in [5.41, 5.74) is 1.14. The van der Waals surface area contributed by atoms with Crippen LogP contribution in [0.5, 0.6) is 0 Å². The number of nitrogens with one attached hydrogen (secondary N) is 1. The van der Waals surface area contributed by atoms with Gasteiger partial charge < -0.3 is 24.4 Å². The molecule has 7 heteroatoms. The van der Waals surface area contributed by atoms with Gasteiger partial charge in [0.05, 0.1) is 31.5 Å². The smallest absolute Gasteiger partial charge is 0.293 e. The Bertz CT molecular complexity index is 613. The zero-order chi connectivity index (χ0) is 23.2. The van der Waals surface area contributed by atoms with Crippen LogP contribution in [-0.2, 0) is 23.8 Å². The first-order chi connectivity index (χ1) is 14.8. The number of rotatable bonds is 8. The number of allylic oxidation sites excluding steroid dienone is 2. The summed E-state index contributed by atoms with van der Waals surface area (Å²) in [5, 5.41) is 2.97. The third kappa shape index (κ3) is 11.3. The van der Waals surface area contributed by atoms with Crippen LogP contribution in [0.2, 0.25) is 0 Å². The summed E-state index contributed by atoms with van der Waals surface area (Å²) >= 11 is 0. The van der Waals surface area contributed by atoms with Gasteiger partial charge in [-0.25, -0.2) is 0 Å². The molecule has 2 saturated heterocycles. The van der Waals surface area contributed by atoms with Crippen LogP contribution in [0.3, 0.4) is 0 Å². The normalized spacial score (nSPS) is 28.2. The van der Waals surface area contributed by atoms with Crippen LogP contribution in [0, 0.1) is 5.92 Å². The minimum absolute atomic E-state index is 0.0276. The lowest BCUT2D eigenvalue weighted by Gasteiger charge is -2.39. The molecular formula is C24H40N2O5. The maximum atomic E-state index is 12.0. The molecule has 0 radical (unpaired) electrons. The summed E-state index contributed by atoms with van der Waals surface area (Å²) in [7, 11) is 2.11. The largest absolute Gasteiger partial charge is 0.461 e. The van der Waals surface area contributed by atoms with Gasteiger partial charge in [-0.3, -0.25) is 9.59 Å². The van der Waals surface area contributed by atoms with E-state index in [2.05, 4.69) is 36.8 Å². The maximum Gasteiger partial charge on any atom is 0.293 e. The van der Waals surface area contributed by atoms with E-state index in [-0.39, 0.29) is 24.2 Å². The first-order valence-corrected chi connectivity index (χ1v) is 11.1.